The lowest BCUT2D eigenvalue weighted by atomic mass is 10.2. The Morgan fingerprint density at radius 1 is 1.29 bits per heavy atom. The second kappa shape index (κ2) is 7.02. The zero-order valence-corrected chi connectivity index (χ0v) is 12.6. The molecule has 1 aliphatic rings. The van der Waals surface area contributed by atoms with Gasteiger partial charge in [-0.15, -0.1) is 0 Å². The fourth-order valence-corrected chi connectivity index (χ4v) is 3.18. The molecule has 4 N–H and O–H groups in total. The van der Waals surface area contributed by atoms with Gasteiger partial charge in [-0.2, -0.15) is 0 Å². The van der Waals surface area contributed by atoms with Crippen LogP contribution in [0.25, 0.3) is 0 Å². The third-order valence-electron chi connectivity index (χ3n) is 3.49. The topological polar surface area (TPSA) is 101 Å². The van der Waals surface area contributed by atoms with E-state index in [1.165, 1.54) is 12.1 Å². The number of amides is 1. The van der Waals surface area contributed by atoms with Gasteiger partial charge in [-0.25, -0.2) is 13.1 Å². The van der Waals surface area contributed by atoms with Crippen LogP contribution in [-0.4, -0.2) is 33.5 Å². The van der Waals surface area contributed by atoms with E-state index in [0.717, 1.165) is 12.8 Å². The maximum atomic E-state index is 11.9. The highest BCUT2D eigenvalue weighted by Crippen LogP contribution is 2.32. The maximum Gasteiger partial charge on any atom is 0.240 e. The van der Waals surface area contributed by atoms with Crippen molar-refractivity contribution in [2.75, 3.05) is 13.1 Å². The Bertz CT molecular complexity index is 570. The highest BCUT2D eigenvalue weighted by molar-refractivity contribution is 7.89. The van der Waals surface area contributed by atoms with Crippen LogP contribution >= 0.6 is 0 Å². The first-order valence-corrected chi connectivity index (χ1v) is 8.55. The maximum absolute atomic E-state index is 11.9. The van der Waals surface area contributed by atoms with Crippen molar-refractivity contribution in [2.45, 2.75) is 30.2 Å². The molecule has 1 fully saturated rings. The standard InChI is InChI=1S/C14H21N3O3S/c15-10-13(11-6-7-11)17-14(18)8-9-16-21(19,20)12-4-2-1-3-5-12/h1-5,11,13,16H,6-10,15H2,(H,17,18). The summed E-state index contributed by atoms with van der Waals surface area (Å²) >= 11 is 0. The fraction of sp³-hybridized carbons (Fsp3) is 0.500. The number of carbonyl (C=O) groups is 1. The Hall–Kier alpha value is -1.44. The van der Waals surface area contributed by atoms with E-state index in [-0.39, 0.29) is 29.8 Å². The number of nitrogens with one attached hydrogen (secondary N) is 2. The monoisotopic (exact) mass is 311 g/mol. The van der Waals surface area contributed by atoms with E-state index in [2.05, 4.69) is 10.0 Å². The van der Waals surface area contributed by atoms with Gasteiger partial charge in [0.1, 0.15) is 0 Å². The molecule has 1 aliphatic carbocycles. The third-order valence-corrected chi connectivity index (χ3v) is 4.97. The van der Waals surface area contributed by atoms with Crippen LogP contribution in [0.3, 0.4) is 0 Å². The van der Waals surface area contributed by atoms with Crippen LogP contribution in [0, 0.1) is 5.92 Å². The van der Waals surface area contributed by atoms with Crippen molar-refractivity contribution in [3.05, 3.63) is 30.3 Å². The summed E-state index contributed by atoms with van der Waals surface area (Å²) in [5.41, 5.74) is 5.61. The first-order valence-electron chi connectivity index (χ1n) is 7.07. The lowest BCUT2D eigenvalue weighted by molar-refractivity contribution is -0.121. The molecule has 0 radical (unpaired) electrons. The Morgan fingerprint density at radius 3 is 2.52 bits per heavy atom. The lowest BCUT2D eigenvalue weighted by Crippen LogP contribution is -2.42. The molecule has 0 aromatic heterocycles. The van der Waals surface area contributed by atoms with Crippen molar-refractivity contribution in [3.63, 3.8) is 0 Å². The number of rotatable bonds is 8. The summed E-state index contributed by atoms with van der Waals surface area (Å²) in [6.45, 7) is 0.497. The second-order valence-corrected chi connectivity index (χ2v) is 6.97. The summed E-state index contributed by atoms with van der Waals surface area (Å²) in [6.07, 6.45) is 2.31. The predicted octanol–water partition coefficient (Wildman–Crippen LogP) is 0.209. The summed E-state index contributed by atoms with van der Waals surface area (Å²) in [6, 6.07) is 8.10. The highest BCUT2D eigenvalue weighted by atomic mass is 32.2. The molecule has 2 rings (SSSR count). The zero-order valence-electron chi connectivity index (χ0n) is 11.8. The van der Waals surface area contributed by atoms with Gasteiger partial charge in [-0.1, -0.05) is 18.2 Å². The Balaban J connectivity index is 1.77. The van der Waals surface area contributed by atoms with Crippen molar-refractivity contribution in [2.24, 2.45) is 11.7 Å². The largest absolute Gasteiger partial charge is 0.352 e. The van der Waals surface area contributed by atoms with Crippen LogP contribution in [0.4, 0.5) is 0 Å². The Morgan fingerprint density at radius 2 is 1.95 bits per heavy atom. The molecule has 0 heterocycles. The van der Waals surface area contributed by atoms with Crippen LogP contribution < -0.4 is 15.8 Å². The van der Waals surface area contributed by atoms with E-state index in [1.54, 1.807) is 18.2 Å². The van der Waals surface area contributed by atoms with E-state index in [9.17, 15) is 13.2 Å². The van der Waals surface area contributed by atoms with Gasteiger partial charge in [0.2, 0.25) is 15.9 Å². The van der Waals surface area contributed by atoms with Crippen LogP contribution in [0.2, 0.25) is 0 Å². The number of carbonyl (C=O) groups excluding carboxylic acids is 1. The molecule has 0 saturated heterocycles. The van der Waals surface area contributed by atoms with Gasteiger partial charge in [0.05, 0.1) is 4.90 Å². The Kier molecular flexibility index (Phi) is 5.33. The zero-order chi connectivity index (χ0) is 15.3. The smallest absolute Gasteiger partial charge is 0.240 e. The van der Waals surface area contributed by atoms with E-state index >= 15 is 0 Å². The van der Waals surface area contributed by atoms with Crippen molar-refractivity contribution in [3.8, 4) is 0 Å². The van der Waals surface area contributed by atoms with E-state index in [1.807, 2.05) is 0 Å². The number of hydrogen-bond donors (Lipinski definition) is 3. The quantitative estimate of drug-likeness (QED) is 0.638. The molecular formula is C14H21N3O3S. The number of nitrogens with two attached hydrogens (primary N) is 1. The van der Waals surface area contributed by atoms with Gasteiger partial charge in [-0.3, -0.25) is 4.79 Å². The van der Waals surface area contributed by atoms with Gasteiger partial charge >= 0.3 is 0 Å². The van der Waals surface area contributed by atoms with Gasteiger partial charge in [0.25, 0.3) is 0 Å². The lowest BCUT2D eigenvalue weighted by Gasteiger charge is -2.16. The van der Waals surface area contributed by atoms with Crippen molar-refractivity contribution in [1.82, 2.24) is 10.0 Å². The molecule has 21 heavy (non-hydrogen) atoms. The van der Waals surface area contributed by atoms with Gasteiger partial charge in [0, 0.05) is 25.6 Å². The molecule has 7 heteroatoms. The second-order valence-electron chi connectivity index (χ2n) is 5.21. The molecule has 0 spiro atoms. The molecule has 1 saturated carbocycles. The van der Waals surface area contributed by atoms with E-state index in [4.69, 9.17) is 5.73 Å². The summed E-state index contributed by atoms with van der Waals surface area (Å²) < 4.78 is 26.3. The van der Waals surface area contributed by atoms with Crippen LogP contribution in [-0.2, 0) is 14.8 Å². The summed E-state index contributed by atoms with van der Waals surface area (Å²) in [5.74, 6) is 0.313. The molecule has 1 aromatic carbocycles. The van der Waals surface area contributed by atoms with Crippen LogP contribution in [0.15, 0.2) is 35.2 Å². The Labute approximate surface area is 125 Å². The SMILES string of the molecule is NCC(NC(=O)CCNS(=O)(=O)c1ccccc1)C1CC1. The first kappa shape index (κ1) is 15.9. The minimum Gasteiger partial charge on any atom is -0.352 e. The fourth-order valence-electron chi connectivity index (χ4n) is 2.13. The van der Waals surface area contributed by atoms with Crippen molar-refractivity contribution in [1.29, 1.82) is 0 Å². The minimum atomic E-state index is -3.55. The molecule has 116 valence electrons. The van der Waals surface area contributed by atoms with Crippen molar-refractivity contribution < 1.29 is 13.2 Å². The van der Waals surface area contributed by atoms with Crippen LogP contribution in [0.5, 0.6) is 0 Å². The highest BCUT2D eigenvalue weighted by Gasteiger charge is 2.31. The summed E-state index contributed by atoms with van der Waals surface area (Å²) in [5, 5.41) is 2.86. The van der Waals surface area contributed by atoms with E-state index in [0.29, 0.717) is 12.5 Å². The van der Waals surface area contributed by atoms with Gasteiger partial charge in [0.15, 0.2) is 0 Å². The average molecular weight is 311 g/mol. The molecule has 1 aromatic rings. The number of benzene rings is 1. The molecule has 1 atom stereocenters. The number of sulfonamides is 1. The van der Waals surface area contributed by atoms with Crippen LogP contribution in [0.1, 0.15) is 19.3 Å². The first-order chi connectivity index (χ1) is 10.0. The molecule has 6 nitrogen and oxygen atoms in total. The average Bonchev–Trinajstić information content (AvgIpc) is 3.30. The number of hydrogen-bond acceptors (Lipinski definition) is 4. The van der Waals surface area contributed by atoms with Crippen molar-refractivity contribution >= 4 is 15.9 Å². The predicted molar refractivity (Wildman–Crippen MR) is 80.0 cm³/mol. The molecule has 0 aliphatic heterocycles. The molecular weight excluding hydrogens is 290 g/mol. The molecule has 1 unspecified atom stereocenters. The molecule has 0 bridgehead atoms. The van der Waals surface area contributed by atoms with E-state index < -0.39 is 10.0 Å². The van der Waals surface area contributed by atoms with Gasteiger partial charge < -0.3 is 11.1 Å². The van der Waals surface area contributed by atoms with Gasteiger partial charge in [-0.05, 0) is 30.9 Å². The summed E-state index contributed by atoms with van der Waals surface area (Å²) in [4.78, 5) is 12.0. The minimum absolute atomic E-state index is 0.0169. The normalized spacial score (nSPS) is 16.4. The molecule has 1 amide bonds. The third kappa shape index (κ3) is 4.80. The summed E-state index contributed by atoms with van der Waals surface area (Å²) in [7, 11) is -3.55.